The van der Waals surface area contributed by atoms with Gasteiger partial charge in [0.05, 0.1) is 13.2 Å². The van der Waals surface area contributed by atoms with E-state index in [2.05, 4.69) is 0 Å². The molecule has 0 fully saturated rings. The van der Waals surface area contributed by atoms with Crippen LogP contribution in [0.5, 0.6) is 0 Å². The van der Waals surface area contributed by atoms with Crippen molar-refractivity contribution < 1.29 is 38.1 Å². The molecule has 2 aromatic rings. The minimum absolute atomic E-state index is 0.0188. The van der Waals surface area contributed by atoms with Gasteiger partial charge >= 0.3 is 17.9 Å². The standard InChI is InChI=1S/C28H28N2O8/c1-4-35-21(31)15-30-20-14-10-9-13-19(20)28(27(30)34)22(25(32)37-16-18-11-7-6-8-12-18)17(3)38-24(29)23(28)26(33)36-5-2/h6-14H,4-5,15-16,29H2,1-3H3. The molecule has 198 valence electrons. The van der Waals surface area contributed by atoms with Crippen molar-refractivity contribution >= 4 is 29.5 Å². The third-order valence-electron chi connectivity index (χ3n) is 6.27. The van der Waals surface area contributed by atoms with Gasteiger partial charge in [0, 0.05) is 11.3 Å². The molecular formula is C28H28N2O8. The van der Waals surface area contributed by atoms with Crippen LogP contribution in [-0.4, -0.2) is 43.6 Å². The average Bonchev–Trinajstić information content (AvgIpc) is 3.11. The van der Waals surface area contributed by atoms with E-state index in [9.17, 15) is 19.2 Å². The van der Waals surface area contributed by atoms with Crippen molar-refractivity contribution in [2.24, 2.45) is 5.73 Å². The highest BCUT2D eigenvalue weighted by Gasteiger charge is 2.64. The number of amides is 1. The van der Waals surface area contributed by atoms with Crippen molar-refractivity contribution in [3.63, 3.8) is 0 Å². The van der Waals surface area contributed by atoms with Gasteiger partial charge in [-0.15, -0.1) is 0 Å². The monoisotopic (exact) mass is 520 g/mol. The molecule has 0 radical (unpaired) electrons. The zero-order chi connectivity index (χ0) is 27.4. The number of carbonyl (C=O) groups excluding carboxylic acids is 4. The van der Waals surface area contributed by atoms with Gasteiger partial charge in [-0.25, -0.2) is 9.59 Å². The molecule has 2 aliphatic rings. The maximum absolute atomic E-state index is 14.4. The number of hydrogen-bond donors (Lipinski definition) is 1. The predicted molar refractivity (Wildman–Crippen MR) is 135 cm³/mol. The van der Waals surface area contributed by atoms with E-state index < -0.39 is 35.8 Å². The summed E-state index contributed by atoms with van der Waals surface area (Å²) < 4.78 is 21.6. The van der Waals surface area contributed by atoms with Crippen molar-refractivity contribution in [2.75, 3.05) is 24.7 Å². The number of hydrogen-bond acceptors (Lipinski definition) is 9. The van der Waals surface area contributed by atoms with Crippen LogP contribution in [0.4, 0.5) is 5.69 Å². The van der Waals surface area contributed by atoms with Gasteiger partial charge in [-0.05, 0) is 32.4 Å². The van der Waals surface area contributed by atoms with Gasteiger partial charge in [0.1, 0.15) is 35.5 Å². The summed E-state index contributed by atoms with van der Waals surface area (Å²) in [6, 6.07) is 15.5. The second kappa shape index (κ2) is 10.8. The summed E-state index contributed by atoms with van der Waals surface area (Å²) in [4.78, 5) is 55.1. The number of esters is 3. The number of fused-ring (bicyclic) bond motifs is 2. The molecule has 38 heavy (non-hydrogen) atoms. The molecule has 0 bridgehead atoms. The Hall–Kier alpha value is -4.60. The molecule has 2 N–H and O–H groups in total. The van der Waals surface area contributed by atoms with E-state index >= 15 is 0 Å². The fourth-order valence-corrected chi connectivity index (χ4v) is 4.82. The summed E-state index contributed by atoms with van der Waals surface area (Å²) in [7, 11) is 0. The molecule has 0 aromatic heterocycles. The average molecular weight is 521 g/mol. The maximum atomic E-state index is 14.4. The van der Waals surface area contributed by atoms with Gasteiger partial charge in [-0.2, -0.15) is 0 Å². The lowest BCUT2D eigenvalue weighted by atomic mass is 9.67. The van der Waals surface area contributed by atoms with E-state index in [1.54, 1.807) is 62.4 Å². The minimum atomic E-state index is -2.07. The molecule has 1 amide bonds. The maximum Gasteiger partial charge on any atom is 0.341 e. The molecular weight excluding hydrogens is 492 g/mol. The molecule has 1 atom stereocenters. The molecule has 1 unspecified atom stereocenters. The first-order valence-electron chi connectivity index (χ1n) is 12.1. The molecule has 1 spiro atoms. The van der Waals surface area contributed by atoms with Gasteiger partial charge in [-0.1, -0.05) is 48.5 Å². The zero-order valence-corrected chi connectivity index (χ0v) is 21.3. The Balaban J connectivity index is 1.91. The fourth-order valence-electron chi connectivity index (χ4n) is 4.82. The van der Waals surface area contributed by atoms with Crippen molar-refractivity contribution in [3.05, 3.63) is 88.5 Å². The first kappa shape index (κ1) is 26.5. The third kappa shape index (κ3) is 4.38. The van der Waals surface area contributed by atoms with Gasteiger partial charge in [-0.3, -0.25) is 14.5 Å². The highest BCUT2D eigenvalue weighted by atomic mass is 16.5. The highest BCUT2D eigenvalue weighted by molar-refractivity contribution is 6.23. The zero-order valence-electron chi connectivity index (χ0n) is 21.3. The molecule has 10 nitrogen and oxygen atoms in total. The molecule has 2 aliphatic heterocycles. The third-order valence-corrected chi connectivity index (χ3v) is 6.27. The first-order chi connectivity index (χ1) is 18.3. The fraction of sp³-hybridized carbons (Fsp3) is 0.286. The summed E-state index contributed by atoms with van der Waals surface area (Å²) >= 11 is 0. The summed E-state index contributed by atoms with van der Waals surface area (Å²) in [5.41, 5.74) is 4.83. The van der Waals surface area contributed by atoms with Crippen molar-refractivity contribution in [3.8, 4) is 0 Å². The second-order valence-electron chi connectivity index (χ2n) is 8.52. The van der Waals surface area contributed by atoms with Crippen LogP contribution >= 0.6 is 0 Å². The van der Waals surface area contributed by atoms with Crippen molar-refractivity contribution in [2.45, 2.75) is 32.8 Å². The number of benzene rings is 2. The Morgan fingerprint density at radius 1 is 0.895 bits per heavy atom. The second-order valence-corrected chi connectivity index (χ2v) is 8.52. The highest BCUT2D eigenvalue weighted by Crippen LogP contribution is 2.54. The number of allylic oxidation sites excluding steroid dienone is 1. The van der Waals surface area contributed by atoms with Crippen LogP contribution < -0.4 is 10.6 Å². The predicted octanol–water partition coefficient (Wildman–Crippen LogP) is 2.62. The van der Waals surface area contributed by atoms with E-state index in [4.69, 9.17) is 24.7 Å². The quantitative estimate of drug-likeness (QED) is 0.412. The van der Waals surface area contributed by atoms with E-state index in [0.29, 0.717) is 11.3 Å². The van der Waals surface area contributed by atoms with E-state index in [0.717, 1.165) is 0 Å². The van der Waals surface area contributed by atoms with Gasteiger partial charge in [0.15, 0.2) is 0 Å². The number of ether oxygens (including phenoxy) is 4. The van der Waals surface area contributed by atoms with Gasteiger partial charge < -0.3 is 24.7 Å². The van der Waals surface area contributed by atoms with Gasteiger partial charge in [0.2, 0.25) is 11.8 Å². The molecule has 0 saturated heterocycles. The lowest BCUT2D eigenvalue weighted by Crippen LogP contribution is -2.51. The smallest absolute Gasteiger partial charge is 0.341 e. The van der Waals surface area contributed by atoms with Gasteiger partial charge in [0.25, 0.3) is 0 Å². The summed E-state index contributed by atoms with van der Waals surface area (Å²) in [6.07, 6.45) is 0. The van der Waals surface area contributed by atoms with Crippen LogP contribution in [0.15, 0.2) is 77.4 Å². The number of rotatable bonds is 8. The van der Waals surface area contributed by atoms with E-state index in [-0.39, 0.29) is 48.2 Å². The Morgan fingerprint density at radius 3 is 2.21 bits per heavy atom. The van der Waals surface area contributed by atoms with E-state index in [1.807, 2.05) is 6.07 Å². The van der Waals surface area contributed by atoms with Crippen LogP contribution in [0.3, 0.4) is 0 Å². The number of nitrogens with zero attached hydrogens (tertiary/aromatic N) is 1. The van der Waals surface area contributed by atoms with Crippen LogP contribution in [0, 0.1) is 0 Å². The summed E-state index contributed by atoms with van der Waals surface area (Å²) in [5.74, 6) is -3.65. The number of para-hydroxylation sites is 1. The molecule has 0 aliphatic carbocycles. The van der Waals surface area contributed by atoms with Crippen molar-refractivity contribution in [1.82, 2.24) is 0 Å². The first-order valence-corrected chi connectivity index (χ1v) is 12.1. The number of carbonyl (C=O) groups is 4. The molecule has 2 heterocycles. The Kier molecular flexibility index (Phi) is 7.52. The van der Waals surface area contributed by atoms with Crippen molar-refractivity contribution in [1.29, 1.82) is 0 Å². The number of nitrogens with two attached hydrogens (primary N) is 1. The molecule has 10 heteroatoms. The van der Waals surface area contributed by atoms with Crippen LogP contribution in [0.2, 0.25) is 0 Å². The van der Waals surface area contributed by atoms with Crippen LogP contribution in [0.1, 0.15) is 31.9 Å². The van der Waals surface area contributed by atoms with Crippen LogP contribution in [0.25, 0.3) is 0 Å². The normalized spacial score (nSPS) is 18.3. The van der Waals surface area contributed by atoms with E-state index in [1.165, 1.54) is 11.8 Å². The molecule has 0 saturated carbocycles. The Labute approximate surface area is 219 Å². The number of anilines is 1. The largest absolute Gasteiger partial charge is 0.465 e. The SMILES string of the molecule is CCOC(=O)CN1C(=O)C2(C(C(=O)OCc3ccccc3)=C(C)OC(N)=C2C(=O)OCC)c2ccccc21. The summed E-state index contributed by atoms with van der Waals surface area (Å²) in [6.45, 7) is 4.24. The summed E-state index contributed by atoms with van der Waals surface area (Å²) in [5, 5.41) is 0. The molecule has 4 rings (SSSR count). The Morgan fingerprint density at radius 2 is 1.53 bits per heavy atom. The minimum Gasteiger partial charge on any atom is -0.465 e. The Bertz CT molecular complexity index is 1350. The lowest BCUT2D eigenvalue weighted by molar-refractivity contribution is -0.144. The lowest BCUT2D eigenvalue weighted by Gasteiger charge is -2.36. The topological polar surface area (TPSA) is 134 Å². The molecule has 2 aromatic carbocycles. The van der Waals surface area contributed by atoms with Crippen LogP contribution in [-0.2, 0) is 50.1 Å².